The number of anilines is 2. The first-order chi connectivity index (χ1) is 14.5. The summed E-state index contributed by atoms with van der Waals surface area (Å²) in [6.07, 6.45) is 2.59. The van der Waals surface area contributed by atoms with Crippen LogP contribution < -0.4 is 15.0 Å². The summed E-state index contributed by atoms with van der Waals surface area (Å²) in [5.41, 5.74) is 1.33. The zero-order valence-electron chi connectivity index (χ0n) is 16.9. The van der Waals surface area contributed by atoms with Gasteiger partial charge < -0.3 is 15.0 Å². The molecule has 0 bridgehead atoms. The van der Waals surface area contributed by atoms with Crippen molar-refractivity contribution in [3.63, 3.8) is 0 Å². The normalized spacial score (nSPS) is 16.0. The molecule has 0 aromatic heterocycles. The summed E-state index contributed by atoms with van der Waals surface area (Å²) in [5.74, 6) is 0.274. The predicted molar refractivity (Wildman–Crippen MR) is 123 cm³/mol. The average Bonchev–Trinajstić information content (AvgIpc) is 2.98. The second-order valence-corrected chi connectivity index (χ2v) is 7.24. The number of carbonyl (C=O) groups excluding carboxylic acids is 2. The van der Waals surface area contributed by atoms with Crippen molar-refractivity contribution in [3.05, 3.63) is 67.3 Å². The van der Waals surface area contributed by atoms with Crippen LogP contribution in [0.1, 0.15) is 19.8 Å². The molecule has 6 nitrogen and oxygen atoms in total. The van der Waals surface area contributed by atoms with Crippen LogP contribution in [0.3, 0.4) is 0 Å². The molecule has 0 unspecified atom stereocenters. The molecule has 2 amide bonds. The molecule has 1 fully saturated rings. The third-order valence-electron chi connectivity index (χ3n) is 4.65. The summed E-state index contributed by atoms with van der Waals surface area (Å²) in [6.45, 7) is 6.82. The fourth-order valence-electron chi connectivity index (χ4n) is 3.24. The molecule has 1 atom stereocenters. The minimum Gasteiger partial charge on any atom is -0.494 e. The van der Waals surface area contributed by atoms with Crippen LogP contribution in [0.4, 0.5) is 11.4 Å². The molecule has 1 heterocycles. The number of thiocarbonyl (C=S) groups is 1. The van der Waals surface area contributed by atoms with Gasteiger partial charge in [-0.2, -0.15) is 0 Å². The number of ether oxygens (including phenoxy) is 1. The molecule has 0 aliphatic carbocycles. The summed E-state index contributed by atoms with van der Waals surface area (Å²) in [4.78, 5) is 29.0. The number of rotatable bonds is 9. The minimum absolute atomic E-state index is 0.00969. The average molecular weight is 424 g/mol. The van der Waals surface area contributed by atoms with Gasteiger partial charge in [-0.05, 0) is 55.0 Å². The quantitative estimate of drug-likeness (QED) is 0.488. The van der Waals surface area contributed by atoms with Crippen LogP contribution in [0, 0.1) is 0 Å². The Morgan fingerprint density at radius 1 is 1.20 bits per heavy atom. The Balaban J connectivity index is 1.70. The van der Waals surface area contributed by atoms with E-state index in [2.05, 4.69) is 11.9 Å². The van der Waals surface area contributed by atoms with Crippen molar-refractivity contribution in [1.82, 2.24) is 4.90 Å². The highest BCUT2D eigenvalue weighted by atomic mass is 32.1. The molecule has 156 valence electrons. The van der Waals surface area contributed by atoms with Crippen molar-refractivity contribution in [1.29, 1.82) is 0 Å². The van der Waals surface area contributed by atoms with Gasteiger partial charge in [0.1, 0.15) is 11.8 Å². The van der Waals surface area contributed by atoms with Gasteiger partial charge in [0.25, 0.3) is 5.91 Å². The van der Waals surface area contributed by atoms with Gasteiger partial charge in [-0.3, -0.25) is 14.5 Å². The molecule has 3 rings (SSSR count). The number of nitrogens with zero attached hydrogens (tertiary/aromatic N) is 2. The van der Waals surface area contributed by atoms with Gasteiger partial charge in [0.15, 0.2) is 5.11 Å². The highest BCUT2D eigenvalue weighted by Crippen LogP contribution is 2.27. The van der Waals surface area contributed by atoms with Gasteiger partial charge in [0, 0.05) is 12.2 Å². The van der Waals surface area contributed by atoms with Gasteiger partial charge in [0.2, 0.25) is 5.91 Å². The number of carbonyl (C=O) groups is 2. The molecule has 2 aromatic rings. The maximum absolute atomic E-state index is 13.1. The van der Waals surface area contributed by atoms with Gasteiger partial charge in [-0.25, -0.2) is 0 Å². The second-order valence-electron chi connectivity index (χ2n) is 6.87. The Kier molecular flexibility index (Phi) is 7.19. The molecule has 0 saturated carbocycles. The Labute approximate surface area is 182 Å². The van der Waals surface area contributed by atoms with Gasteiger partial charge in [0.05, 0.1) is 18.7 Å². The molecular weight excluding hydrogens is 398 g/mol. The van der Waals surface area contributed by atoms with E-state index in [9.17, 15) is 9.59 Å². The zero-order valence-corrected chi connectivity index (χ0v) is 17.7. The molecule has 1 aliphatic heterocycles. The van der Waals surface area contributed by atoms with Crippen LogP contribution in [0.2, 0.25) is 0 Å². The Hall–Kier alpha value is -3.19. The topological polar surface area (TPSA) is 61.9 Å². The van der Waals surface area contributed by atoms with Crippen LogP contribution in [0.25, 0.3) is 0 Å². The number of hydrogen-bond donors (Lipinski definition) is 1. The van der Waals surface area contributed by atoms with Crippen LogP contribution in [-0.4, -0.2) is 41.0 Å². The molecule has 1 saturated heterocycles. The summed E-state index contributed by atoms with van der Waals surface area (Å²) in [6, 6.07) is 15.7. The van der Waals surface area contributed by atoms with E-state index in [4.69, 9.17) is 17.0 Å². The minimum atomic E-state index is -0.678. The van der Waals surface area contributed by atoms with E-state index < -0.39 is 6.04 Å². The summed E-state index contributed by atoms with van der Waals surface area (Å²) in [7, 11) is 0. The van der Waals surface area contributed by atoms with Crippen molar-refractivity contribution in [2.75, 3.05) is 23.4 Å². The van der Waals surface area contributed by atoms with E-state index in [1.165, 1.54) is 4.90 Å². The van der Waals surface area contributed by atoms with Crippen LogP contribution in [0.5, 0.6) is 5.75 Å². The molecule has 1 N–H and O–H groups in total. The predicted octanol–water partition coefficient (Wildman–Crippen LogP) is 3.99. The van der Waals surface area contributed by atoms with Crippen molar-refractivity contribution < 1.29 is 14.3 Å². The maximum atomic E-state index is 13.1. The van der Waals surface area contributed by atoms with E-state index in [-0.39, 0.29) is 18.2 Å². The highest BCUT2D eigenvalue weighted by molar-refractivity contribution is 7.80. The van der Waals surface area contributed by atoms with Crippen LogP contribution >= 0.6 is 12.2 Å². The molecule has 7 heteroatoms. The van der Waals surface area contributed by atoms with Gasteiger partial charge in [-0.1, -0.05) is 31.2 Å². The lowest BCUT2D eigenvalue weighted by atomic mass is 10.1. The van der Waals surface area contributed by atoms with Crippen molar-refractivity contribution in [3.8, 4) is 5.75 Å². The maximum Gasteiger partial charge on any atom is 0.256 e. The molecular formula is C23H25N3O3S. The summed E-state index contributed by atoms with van der Waals surface area (Å²) < 4.78 is 5.55. The van der Waals surface area contributed by atoms with E-state index in [0.29, 0.717) is 29.6 Å². The number of amides is 2. The Bertz CT molecular complexity index is 915. The van der Waals surface area contributed by atoms with Crippen molar-refractivity contribution in [2.24, 2.45) is 0 Å². The standard InChI is InChI=1S/C23H25N3O3S/c1-3-14-25-20(22(28)26(23(25)30)18-8-6-5-7-9-18)16-21(27)24-17-10-12-19(13-11-17)29-15-4-2/h3,5-13,20H,1,4,14-16H2,2H3,(H,24,27)/t20-/m0/s1. The molecule has 0 spiro atoms. The highest BCUT2D eigenvalue weighted by Gasteiger charge is 2.43. The van der Waals surface area contributed by atoms with Crippen LogP contribution in [-0.2, 0) is 9.59 Å². The van der Waals surface area contributed by atoms with E-state index in [1.54, 1.807) is 23.1 Å². The van der Waals surface area contributed by atoms with Crippen LogP contribution in [0.15, 0.2) is 67.3 Å². The first kappa shape index (κ1) is 21.5. The van der Waals surface area contributed by atoms with Gasteiger partial charge in [-0.15, -0.1) is 6.58 Å². The monoisotopic (exact) mass is 423 g/mol. The third-order valence-corrected chi connectivity index (χ3v) is 5.07. The van der Waals surface area contributed by atoms with E-state index in [1.807, 2.05) is 49.4 Å². The number of hydrogen-bond acceptors (Lipinski definition) is 4. The molecule has 0 radical (unpaired) electrons. The number of para-hydroxylation sites is 1. The van der Waals surface area contributed by atoms with Crippen molar-refractivity contribution in [2.45, 2.75) is 25.8 Å². The lowest BCUT2D eigenvalue weighted by molar-refractivity contribution is -0.124. The van der Waals surface area contributed by atoms with E-state index >= 15 is 0 Å². The Morgan fingerprint density at radius 3 is 2.53 bits per heavy atom. The number of benzene rings is 2. The lowest BCUT2D eigenvalue weighted by Crippen LogP contribution is -2.37. The first-order valence-electron chi connectivity index (χ1n) is 9.88. The second kappa shape index (κ2) is 10.0. The molecule has 30 heavy (non-hydrogen) atoms. The smallest absolute Gasteiger partial charge is 0.256 e. The molecule has 1 aliphatic rings. The fraction of sp³-hybridized carbons (Fsp3) is 0.261. The molecule has 2 aromatic carbocycles. The SMILES string of the molecule is C=CCN1C(=S)N(c2ccccc2)C(=O)[C@@H]1CC(=O)Nc1ccc(OCCC)cc1. The number of nitrogens with one attached hydrogen (secondary N) is 1. The summed E-state index contributed by atoms with van der Waals surface area (Å²) in [5, 5.41) is 3.22. The lowest BCUT2D eigenvalue weighted by Gasteiger charge is -2.22. The van der Waals surface area contributed by atoms with Gasteiger partial charge >= 0.3 is 0 Å². The zero-order chi connectivity index (χ0) is 21.5. The Morgan fingerprint density at radius 2 is 1.90 bits per heavy atom. The van der Waals surface area contributed by atoms with Crippen molar-refractivity contribution >= 4 is 40.5 Å². The third kappa shape index (κ3) is 4.86. The fourth-order valence-corrected chi connectivity index (χ4v) is 3.63. The largest absolute Gasteiger partial charge is 0.494 e. The summed E-state index contributed by atoms with van der Waals surface area (Å²) >= 11 is 5.53. The van der Waals surface area contributed by atoms with E-state index in [0.717, 1.165) is 12.2 Å². The first-order valence-corrected chi connectivity index (χ1v) is 10.3.